The van der Waals surface area contributed by atoms with Gasteiger partial charge in [-0.05, 0) is 44.4 Å². The highest BCUT2D eigenvalue weighted by Crippen LogP contribution is 2.15. The van der Waals surface area contributed by atoms with E-state index < -0.39 is 6.10 Å². The van der Waals surface area contributed by atoms with E-state index in [4.69, 9.17) is 14.4 Å². The van der Waals surface area contributed by atoms with Gasteiger partial charge >= 0.3 is 0 Å². The van der Waals surface area contributed by atoms with Gasteiger partial charge in [0.25, 0.3) is 0 Å². The Bertz CT molecular complexity index is 446. The van der Waals surface area contributed by atoms with Gasteiger partial charge < -0.3 is 9.84 Å². The fraction of sp³-hybridized carbons (Fsp3) is 0.727. The molecule has 0 aliphatic heterocycles. The topological polar surface area (TPSA) is 51.2 Å². The van der Waals surface area contributed by atoms with Crippen LogP contribution >= 0.6 is 0 Å². The maximum Gasteiger partial charge on any atom is 0.119 e. The van der Waals surface area contributed by atoms with Crippen LogP contribution < -0.4 is 4.74 Å². The minimum absolute atomic E-state index is 0.202. The molecule has 1 atom stereocenters. The third-order valence-corrected chi connectivity index (χ3v) is 4.34. The van der Waals surface area contributed by atoms with Crippen molar-refractivity contribution >= 4 is 0 Å². The third kappa shape index (κ3) is 12.0. The van der Waals surface area contributed by atoms with E-state index in [2.05, 4.69) is 19.1 Å². The summed E-state index contributed by atoms with van der Waals surface area (Å²) in [5.74, 6) is 0.775. The second-order valence-electron chi connectivity index (χ2n) is 6.83. The van der Waals surface area contributed by atoms with Crippen LogP contribution in [0.2, 0.25) is 0 Å². The predicted octanol–water partition coefficient (Wildman–Crippen LogP) is 4.92. The van der Waals surface area contributed by atoms with Gasteiger partial charge in [0.05, 0.1) is 19.8 Å². The molecule has 0 saturated heterocycles. The Balaban J connectivity index is 2.21. The predicted molar refractivity (Wildman–Crippen MR) is 110 cm³/mol. The van der Waals surface area contributed by atoms with E-state index in [1.165, 1.54) is 55.7 Å². The Kier molecular flexibility index (Phi) is 14.0. The average molecular weight is 382 g/mol. The van der Waals surface area contributed by atoms with Gasteiger partial charge in [0.15, 0.2) is 0 Å². The number of aliphatic hydroxyl groups is 1. The summed E-state index contributed by atoms with van der Waals surface area (Å²) in [5.41, 5.74) is 1.34. The quantitative estimate of drug-likeness (QED) is 0.306. The van der Waals surface area contributed by atoms with E-state index in [9.17, 15) is 5.11 Å². The summed E-state index contributed by atoms with van der Waals surface area (Å²) in [6, 6.07) is 8.19. The second kappa shape index (κ2) is 15.9. The Morgan fingerprint density at radius 1 is 0.852 bits per heavy atom. The number of aliphatic hydroxyl groups excluding tert-OH is 1. The number of hydrogen-bond donors (Lipinski definition) is 1. The number of hydroxylamine groups is 2. The molecule has 1 aromatic carbocycles. The molecule has 0 aliphatic rings. The SMILES string of the molecule is CCCCCCCCCc1ccc(OCC(O)CN(OCC)OCC)cc1. The van der Waals surface area contributed by atoms with Gasteiger partial charge in [-0.3, -0.25) is 9.68 Å². The van der Waals surface area contributed by atoms with Crippen LogP contribution in [0.25, 0.3) is 0 Å². The Morgan fingerprint density at radius 3 is 2.04 bits per heavy atom. The maximum atomic E-state index is 10.1. The molecular weight excluding hydrogens is 342 g/mol. The number of aryl methyl sites for hydroxylation is 1. The van der Waals surface area contributed by atoms with E-state index in [-0.39, 0.29) is 13.2 Å². The Morgan fingerprint density at radius 2 is 1.44 bits per heavy atom. The summed E-state index contributed by atoms with van der Waals surface area (Å²) in [5, 5.41) is 11.4. The minimum atomic E-state index is -0.685. The molecule has 27 heavy (non-hydrogen) atoms. The average Bonchev–Trinajstić information content (AvgIpc) is 2.67. The molecule has 1 rings (SSSR count). The Labute approximate surface area is 165 Å². The lowest BCUT2D eigenvalue weighted by molar-refractivity contribution is -0.371. The monoisotopic (exact) mass is 381 g/mol. The zero-order valence-electron chi connectivity index (χ0n) is 17.5. The van der Waals surface area contributed by atoms with Crippen LogP contribution in [0, 0.1) is 0 Å². The summed E-state index contributed by atoms with van der Waals surface area (Å²) >= 11 is 0. The highest BCUT2D eigenvalue weighted by atomic mass is 16.9. The van der Waals surface area contributed by atoms with Crippen molar-refractivity contribution in [1.82, 2.24) is 5.23 Å². The molecular formula is C22H39NO4. The van der Waals surface area contributed by atoms with Gasteiger partial charge in [0, 0.05) is 0 Å². The molecule has 0 aromatic heterocycles. The van der Waals surface area contributed by atoms with Crippen molar-refractivity contribution in [2.24, 2.45) is 0 Å². The summed E-state index contributed by atoms with van der Waals surface area (Å²) in [6.45, 7) is 7.45. The number of ether oxygens (including phenoxy) is 1. The molecule has 156 valence electrons. The van der Waals surface area contributed by atoms with Crippen molar-refractivity contribution in [2.45, 2.75) is 78.2 Å². The van der Waals surface area contributed by atoms with Gasteiger partial charge in [0.1, 0.15) is 18.5 Å². The minimum Gasteiger partial charge on any atom is -0.491 e. The van der Waals surface area contributed by atoms with E-state index in [1.54, 1.807) is 0 Å². The fourth-order valence-corrected chi connectivity index (χ4v) is 2.89. The Hall–Kier alpha value is -1.14. The van der Waals surface area contributed by atoms with Gasteiger partial charge in [-0.15, -0.1) is 0 Å². The number of benzene rings is 1. The van der Waals surface area contributed by atoms with Crippen molar-refractivity contribution in [3.63, 3.8) is 0 Å². The van der Waals surface area contributed by atoms with E-state index in [1.807, 2.05) is 26.0 Å². The van der Waals surface area contributed by atoms with Crippen LogP contribution in [-0.4, -0.2) is 42.8 Å². The molecule has 0 bridgehead atoms. The molecule has 0 aliphatic carbocycles. The molecule has 0 spiro atoms. The van der Waals surface area contributed by atoms with Crippen LogP contribution in [0.3, 0.4) is 0 Å². The van der Waals surface area contributed by atoms with E-state index >= 15 is 0 Å². The number of rotatable bonds is 17. The molecule has 1 aromatic rings. The summed E-state index contributed by atoms with van der Waals surface area (Å²) in [4.78, 5) is 10.6. The molecule has 0 amide bonds. The normalized spacial score (nSPS) is 12.5. The van der Waals surface area contributed by atoms with Crippen molar-refractivity contribution in [1.29, 1.82) is 0 Å². The van der Waals surface area contributed by atoms with Crippen LogP contribution in [0.5, 0.6) is 5.75 Å². The molecule has 5 nitrogen and oxygen atoms in total. The highest BCUT2D eigenvalue weighted by Gasteiger charge is 2.13. The first-order valence-electron chi connectivity index (χ1n) is 10.6. The van der Waals surface area contributed by atoms with Crippen molar-refractivity contribution in [3.8, 4) is 5.75 Å². The number of hydrogen-bond acceptors (Lipinski definition) is 5. The molecule has 0 fully saturated rings. The molecule has 5 heteroatoms. The highest BCUT2D eigenvalue weighted by molar-refractivity contribution is 5.27. The maximum absolute atomic E-state index is 10.1. The van der Waals surface area contributed by atoms with E-state index in [0.29, 0.717) is 13.2 Å². The van der Waals surface area contributed by atoms with Crippen molar-refractivity contribution < 1.29 is 19.5 Å². The number of unbranched alkanes of at least 4 members (excludes halogenated alkanes) is 6. The molecule has 1 unspecified atom stereocenters. The first-order chi connectivity index (χ1) is 13.2. The number of nitrogens with zero attached hydrogens (tertiary/aromatic N) is 1. The molecule has 0 radical (unpaired) electrons. The molecule has 1 N–H and O–H groups in total. The van der Waals surface area contributed by atoms with Gasteiger partial charge in [-0.2, -0.15) is 0 Å². The van der Waals surface area contributed by atoms with Gasteiger partial charge in [0.2, 0.25) is 0 Å². The fourth-order valence-electron chi connectivity index (χ4n) is 2.89. The zero-order valence-corrected chi connectivity index (χ0v) is 17.5. The lowest BCUT2D eigenvalue weighted by Crippen LogP contribution is -2.35. The molecule has 0 saturated carbocycles. The standard InChI is InChI=1S/C22H39NO4/c1-4-7-8-9-10-11-12-13-20-14-16-22(17-15-20)25-19-21(24)18-23(26-5-2)27-6-3/h14-17,21,24H,4-13,18-19H2,1-3H3. The zero-order chi connectivity index (χ0) is 19.7. The van der Waals surface area contributed by atoms with Gasteiger partial charge in [-0.1, -0.05) is 62.8 Å². The van der Waals surface area contributed by atoms with Gasteiger partial charge in [-0.25, -0.2) is 0 Å². The van der Waals surface area contributed by atoms with Crippen LogP contribution in [0.4, 0.5) is 0 Å². The summed E-state index contributed by atoms with van der Waals surface area (Å²) < 4.78 is 5.67. The van der Waals surface area contributed by atoms with Crippen molar-refractivity contribution in [2.75, 3.05) is 26.4 Å². The summed E-state index contributed by atoms with van der Waals surface area (Å²) in [6.07, 6.45) is 9.76. The second-order valence-corrected chi connectivity index (χ2v) is 6.83. The third-order valence-electron chi connectivity index (χ3n) is 4.34. The lowest BCUT2D eigenvalue weighted by Gasteiger charge is -2.22. The smallest absolute Gasteiger partial charge is 0.119 e. The largest absolute Gasteiger partial charge is 0.491 e. The molecule has 0 heterocycles. The van der Waals surface area contributed by atoms with Crippen LogP contribution in [0.15, 0.2) is 24.3 Å². The van der Waals surface area contributed by atoms with E-state index in [0.717, 1.165) is 12.2 Å². The van der Waals surface area contributed by atoms with Crippen LogP contribution in [0.1, 0.15) is 71.3 Å². The lowest BCUT2D eigenvalue weighted by atomic mass is 10.0. The first-order valence-corrected chi connectivity index (χ1v) is 10.6. The van der Waals surface area contributed by atoms with Crippen LogP contribution in [-0.2, 0) is 16.1 Å². The summed E-state index contributed by atoms with van der Waals surface area (Å²) in [7, 11) is 0. The first kappa shape index (κ1) is 23.9. The van der Waals surface area contributed by atoms with Crippen molar-refractivity contribution in [3.05, 3.63) is 29.8 Å².